The molecule has 0 bridgehead atoms. The summed E-state index contributed by atoms with van der Waals surface area (Å²) in [5.41, 5.74) is -4.00. The largest absolute Gasteiger partial charge is 0.433 e. The summed E-state index contributed by atoms with van der Waals surface area (Å²) in [6, 6.07) is 2.87. The van der Waals surface area contributed by atoms with Gasteiger partial charge in [-0.2, -0.15) is 31.6 Å². The first-order valence-electron chi connectivity index (χ1n) is 5.42. The van der Waals surface area contributed by atoms with Crippen LogP contribution in [0.2, 0.25) is 0 Å². The zero-order chi connectivity index (χ0) is 15.2. The van der Waals surface area contributed by atoms with Crippen molar-refractivity contribution < 1.29 is 26.3 Å². The van der Waals surface area contributed by atoms with Crippen LogP contribution in [0.1, 0.15) is 24.1 Å². The van der Waals surface area contributed by atoms with E-state index < -0.39 is 29.4 Å². The lowest BCUT2D eigenvalue weighted by molar-refractivity contribution is -0.151. The average Bonchev–Trinajstić information content (AvgIpc) is 3.08. The van der Waals surface area contributed by atoms with Crippen LogP contribution in [0, 0.1) is 11.3 Å². The van der Waals surface area contributed by atoms with Gasteiger partial charge in [-0.05, 0) is 25.0 Å². The van der Waals surface area contributed by atoms with Crippen molar-refractivity contribution in [3.63, 3.8) is 0 Å². The Bertz CT molecular complexity index is 565. The van der Waals surface area contributed by atoms with Gasteiger partial charge in [0.2, 0.25) is 0 Å². The van der Waals surface area contributed by atoms with E-state index in [9.17, 15) is 26.3 Å². The molecule has 1 aromatic heterocycles. The van der Waals surface area contributed by atoms with Crippen molar-refractivity contribution in [1.82, 2.24) is 4.98 Å². The average molecular weight is 295 g/mol. The molecule has 1 aliphatic rings. The van der Waals surface area contributed by atoms with Gasteiger partial charge >= 0.3 is 12.4 Å². The maximum Gasteiger partial charge on any atom is 0.433 e. The fraction of sp³-hybridized carbons (Fsp3) is 0.455. The molecule has 9 heteroatoms. The van der Waals surface area contributed by atoms with Crippen molar-refractivity contribution in [2.45, 2.75) is 30.7 Å². The lowest BCUT2D eigenvalue weighted by atomic mass is 10.2. The molecule has 0 aromatic carbocycles. The van der Waals surface area contributed by atoms with E-state index >= 15 is 0 Å². The van der Waals surface area contributed by atoms with Crippen LogP contribution < -0.4 is 5.32 Å². The minimum absolute atomic E-state index is 0.265. The molecule has 0 radical (unpaired) electrons. The van der Waals surface area contributed by atoms with Crippen LogP contribution in [0.15, 0.2) is 12.1 Å². The van der Waals surface area contributed by atoms with Crippen LogP contribution in [0.4, 0.5) is 32.2 Å². The van der Waals surface area contributed by atoms with Crippen LogP contribution in [0.25, 0.3) is 0 Å². The molecule has 0 aliphatic heterocycles. The molecule has 0 saturated heterocycles. The zero-order valence-electron chi connectivity index (χ0n) is 9.73. The van der Waals surface area contributed by atoms with Gasteiger partial charge in [0.15, 0.2) is 0 Å². The number of halogens is 6. The third kappa shape index (κ3) is 2.50. The number of hydrogen-bond acceptors (Lipinski definition) is 3. The molecule has 1 saturated carbocycles. The standard InChI is InChI=1S/C11H7F6N3/c12-10(13,14)7-2-1-6(5-18)8(19-7)20-9(3-4-9)11(15,16)17/h1-2H,3-4H2,(H,19,20). The summed E-state index contributed by atoms with van der Waals surface area (Å²) >= 11 is 0. The molecular weight excluding hydrogens is 288 g/mol. The van der Waals surface area contributed by atoms with Gasteiger partial charge in [-0.1, -0.05) is 0 Å². The van der Waals surface area contributed by atoms with Crippen LogP contribution in [0.5, 0.6) is 0 Å². The molecule has 20 heavy (non-hydrogen) atoms. The number of nitriles is 1. The smallest absolute Gasteiger partial charge is 0.355 e. The number of alkyl halides is 6. The number of nitrogens with one attached hydrogen (secondary N) is 1. The molecular formula is C11H7F6N3. The SMILES string of the molecule is N#Cc1ccc(C(F)(F)F)nc1NC1(C(F)(F)F)CC1. The first kappa shape index (κ1) is 14.4. The van der Waals surface area contributed by atoms with E-state index in [2.05, 4.69) is 4.98 Å². The fourth-order valence-corrected chi connectivity index (χ4v) is 1.63. The quantitative estimate of drug-likeness (QED) is 0.850. The first-order chi connectivity index (χ1) is 9.09. The number of aromatic nitrogens is 1. The van der Waals surface area contributed by atoms with Crippen LogP contribution >= 0.6 is 0 Å². The number of nitrogens with zero attached hydrogens (tertiary/aromatic N) is 2. The van der Waals surface area contributed by atoms with Gasteiger partial charge in [-0.25, -0.2) is 4.98 Å². The molecule has 0 amide bonds. The molecule has 1 heterocycles. The lowest BCUT2D eigenvalue weighted by Gasteiger charge is -2.22. The second-order valence-electron chi connectivity index (χ2n) is 4.41. The third-order valence-corrected chi connectivity index (χ3v) is 2.96. The molecule has 1 aromatic rings. The van der Waals surface area contributed by atoms with Crippen LogP contribution in [-0.2, 0) is 6.18 Å². The lowest BCUT2D eigenvalue weighted by Crippen LogP contribution is -2.39. The van der Waals surface area contributed by atoms with Crippen molar-refractivity contribution >= 4 is 5.82 Å². The fourth-order valence-electron chi connectivity index (χ4n) is 1.63. The first-order valence-corrected chi connectivity index (χ1v) is 5.42. The highest BCUT2D eigenvalue weighted by Gasteiger charge is 2.64. The maximum atomic E-state index is 12.8. The van der Waals surface area contributed by atoms with E-state index in [-0.39, 0.29) is 18.4 Å². The Kier molecular flexibility index (Phi) is 3.07. The molecule has 1 N–H and O–H groups in total. The Balaban J connectivity index is 2.39. The second kappa shape index (κ2) is 4.26. The molecule has 2 rings (SSSR count). The van der Waals surface area contributed by atoms with Gasteiger partial charge in [-0.15, -0.1) is 0 Å². The highest BCUT2D eigenvalue weighted by Crippen LogP contribution is 2.51. The third-order valence-electron chi connectivity index (χ3n) is 2.96. The van der Waals surface area contributed by atoms with E-state index in [4.69, 9.17) is 5.26 Å². The monoisotopic (exact) mass is 295 g/mol. The highest BCUT2D eigenvalue weighted by atomic mass is 19.4. The highest BCUT2D eigenvalue weighted by molar-refractivity contribution is 5.55. The topological polar surface area (TPSA) is 48.7 Å². The van der Waals surface area contributed by atoms with Crippen molar-refractivity contribution in [3.05, 3.63) is 23.4 Å². The van der Waals surface area contributed by atoms with Gasteiger partial charge in [-0.3, -0.25) is 0 Å². The number of pyridine rings is 1. The minimum atomic E-state index is -4.79. The number of rotatable bonds is 2. The normalized spacial score (nSPS) is 17.4. The molecule has 1 aliphatic carbocycles. The van der Waals surface area contributed by atoms with Gasteiger partial charge in [0.25, 0.3) is 0 Å². The maximum absolute atomic E-state index is 12.8. The minimum Gasteiger partial charge on any atom is -0.355 e. The van der Waals surface area contributed by atoms with Gasteiger partial charge in [0.05, 0.1) is 5.56 Å². The molecule has 108 valence electrons. The van der Waals surface area contributed by atoms with E-state index in [1.165, 1.54) is 6.07 Å². The molecule has 3 nitrogen and oxygen atoms in total. The van der Waals surface area contributed by atoms with E-state index in [0.29, 0.717) is 6.07 Å². The summed E-state index contributed by atoms with van der Waals surface area (Å²) in [6.07, 6.45) is -9.94. The molecule has 0 unspecified atom stereocenters. The van der Waals surface area contributed by atoms with Crippen molar-refractivity contribution in [3.8, 4) is 6.07 Å². The summed E-state index contributed by atoms with van der Waals surface area (Å²) in [6.45, 7) is 0. The molecule has 0 spiro atoms. The van der Waals surface area contributed by atoms with Crippen molar-refractivity contribution in [1.29, 1.82) is 5.26 Å². The number of anilines is 1. The Morgan fingerprint density at radius 3 is 2.15 bits per heavy atom. The summed E-state index contributed by atoms with van der Waals surface area (Å²) < 4.78 is 75.7. The van der Waals surface area contributed by atoms with E-state index in [1.807, 2.05) is 5.32 Å². The summed E-state index contributed by atoms with van der Waals surface area (Å²) in [4.78, 5) is 3.09. The van der Waals surface area contributed by atoms with E-state index in [0.717, 1.165) is 6.07 Å². The van der Waals surface area contributed by atoms with Gasteiger partial charge < -0.3 is 5.32 Å². The van der Waals surface area contributed by atoms with Crippen molar-refractivity contribution in [2.75, 3.05) is 5.32 Å². The van der Waals surface area contributed by atoms with E-state index in [1.54, 1.807) is 0 Å². The Hall–Kier alpha value is -1.98. The van der Waals surface area contributed by atoms with Gasteiger partial charge in [0, 0.05) is 0 Å². The van der Waals surface area contributed by atoms with Gasteiger partial charge in [0.1, 0.15) is 23.1 Å². The zero-order valence-corrected chi connectivity index (χ0v) is 9.73. The molecule has 0 atom stereocenters. The Morgan fingerprint density at radius 1 is 1.15 bits per heavy atom. The predicted molar refractivity (Wildman–Crippen MR) is 55.6 cm³/mol. The predicted octanol–water partition coefficient (Wildman–Crippen LogP) is 3.48. The summed E-state index contributed by atoms with van der Waals surface area (Å²) in [7, 11) is 0. The summed E-state index contributed by atoms with van der Waals surface area (Å²) in [5.74, 6) is -0.697. The molecule has 1 fully saturated rings. The van der Waals surface area contributed by atoms with Crippen molar-refractivity contribution in [2.24, 2.45) is 0 Å². The van der Waals surface area contributed by atoms with Crippen LogP contribution in [-0.4, -0.2) is 16.7 Å². The Labute approximate surface area is 109 Å². The van der Waals surface area contributed by atoms with Crippen LogP contribution in [0.3, 0.4) is 0 Å². The summed E-state index contributed by atoms with van der Waals surface area (Å²) in [5, 5.41) is 10.7. The number of hydrogen-bond donors (Lipinski definition) is 1. The Morgan fingerprint density at radius 2 is 1.75 bits per heavy atom. The second-order valence-corrected chi connectivity index (χ2v) is 4.41.